The van der Waals surface area contributed by atoms with E-state index in [1.165, 1.54) is 0 Å². The number of hydrogen-bond donors (Lipinski definition) is 1. The minimum absolute atomic E-state index is 0.102. The van der Waals surface area contributed by atoms with Crippen LogP contribution in [-0.2, 0) is 4.79 Å². The number of β-lactam (4-membered cyclic amide) rings is 1. The lowest BCUT2D eigenvalue weighted by Gasteiger charge is -2.47. The molecule has 1 aliphatic heterocycles. The number of nitrogens with zero attached hydrogens (tertiary/aromatic N) is 1. The second-order valence-electron chi connectivity index (χ2n) is 6.22. The van der Waals surface area contributed by atoms with E-state index in [4.69, 9.17) is 0 Å². The van der Waals surface area contributed by atoms with Gasteiger partial charge in [-0.2, -0.15) is 0 Å². The highest BCUT2D eigenvalue weighted by Crippen LogP contribution is 2.39. The second kappa shape index (κ2) is 6.84. The zero-order valence-corrected chi connectivity index (χ0v) is 14.1. The third kappa shape index (κ3) is 2.86. The molecule has 2 amide bonds. The van der Waals surface area contributed by atoms with Crippen molar-refractivity contribution in [3.8, 4) is 0 Å². The molecule has 26 heavy (non-hydrogen) atoms. The first-order valence-corrected chi connectivity index (χ1v) is 8.55. The smallest absolute Gasteiger partial charge is 0.252 e. The van der Waals surface area contributed by atoms with Crippen molar-refractivity contribution < 1.29 is 9.59 Å². The Hall–Kier alpha value is -3.40. The van der Waals surface area contributed by atoms with Gasteiger partial charge in [0.2, 0.25) is 0 Å². The molecule has 0 radical (unpaired) electrons. The van der Waals surface area contributed by atoms with Gasteiger partial charge >= 0.3 is 0 Å². The van der Waals surface area contributed by atoms with Gasteiger partial charge in [-0.25, -0.2) is 0 Å². The number of amides is 2. The summed E-state index contributed by atoms with van der Waals surface area (Å²) < 4.78 is 0. The van der Waals surface area contributed by atoms with Gasteiger partial charge in [0.05, 0.1) is 6.04 Å². The third-order valence-electron chi connectivity index (χ3n) is 4.60. The van der Waals surface area contributed by atoms with E-state index in [1.807, 2.05) is 78.9 Å². The summed E-state index contributed by atoms with van der Waals surface area (Å²) in [7, 11) is 0. The fourth-order valence-electron chi connectivity index (χ4n) is 3.31. The van der Waals surface area contributed by atoms with Crippen molar-refractivity contribution in [2.45, 2.75) is 12.1 Å². The van der Waals surface area contributed by atoms with Crippen molar-refractivity contribution >= 4 is 17.5 Å². The fourth-order valence-corrected chi connectivity index (χ4v) is 3.31. The lowest BCUT2D eigenvalue weighted by Crippen LogP contribution is -2.66. The van der Waals surface area contributed by atoms with Crippen LogP contribution < -0.4 is 10.2 Å². The highest BCUT2D eigenvalue weighted by molar-refractivity contribution is 6.09. The summed E-state index contributed by atoms with van der Waals surface area (Å²) in [4.78, 5) is 27.1. The first-order valence-electron chi connectivity index (χ1n) is 8.55. The Morgan fingerprint density at radius 2 is 1.31 bits per heavy atom. The highest BCUT2D eigenvalue weighted by atomic mass is 16.2. The van der Waals surface area contributed by atoms with E-state index >= 15 is 0 Å². The number of anilines is 1. The van der Waals surface area contributed by atoms with E-state index in [9.17, 15) is 9.59 Å². The molecule has 1 N–H and O–H groups in total. The van der Waals surface area contributed by atoms with Gasteiger partial charge < -0.3 is 10.2 Å². The van der Waals surface area contributed by atoms with Crippen LogP contribution in [0.3, 0.4) is 0 Å². The molecule has 0 bridgehead atoms. The van der Waals surface area contributed by atoms with Crippen LogP contribution in [0.1, 0.15) is 22.0 Å². The molecule has 0 saturated carbocycles. The molecular weight excluding hydrogens is 324 g/mol. The molecule has 3 aromatic carbocycles. The summed E-state index contributed by atoms with van der Waals surface area (Å²) in [6.45, 7) is 0. The number of hydrogen-bond acceptors (Lipinski definition) is 2. The molecule has 4 nitrogen and oxygen atoms in total. The van der Waals surface area contributed by atoms with Gasteiger partial charge in [-0.05, 0) is 29.8 Å². The van der Waals surface area contributed by atoms with E-state index in [-0.39, 0.29) is 17.9 Å². The predicted molar refractivity (Wildman–Crippen MR) is 101 cm³/mol. The van der Waals surface area contributed by atoms with Crippen molar-refractivity contribution in [1.29, 1.82) is 0 Å². The predicted octanol–water partition coefficient (Wildman–Crippen LogP) is 3.57. The summed E-state index contributed by atoms with van der Waals surface area (Å²) in [6, 6.07) is 27.5. The molecule has 128 valence electrons. The fraction of sp³-hybridized carbons (Fsp3) is 0.0909. The molecule has 4 heteroatoms. The molecule has 0 unspecified atom stereocenters. The number of carbonyl (C=O) groups is 2. The van der Waals surface area contributed by atoms with Gasteiger partial charge in [0, 0.05) is 11.3 Å². The lowest BCUT2D eigenvalue weighted by molar-refractivity contribution is -0.127. The van der Waals surface area contributed by atoms with E-state index in [2.05, 4.69) is 5.32 Å². The van der Waals surface area contributed by atoms with Crippen molar-refractivity contribution in [2.75, 3.05) is 4.90 Å². The van der Waals surface area contributed by atoms with Crippen LogP contribution in [0, 0.1) is 0 Å². The maximum atomic E-state index is 12.8. The van der Waals surface area contributed by atoms with Crippen LogP contribution in [0.2, 0.25) is 0 Å². The number of benzene rings is 3. The SMILES string of the molecule is O=C(N[C@H]1C(=O)N(c2ccccc2)[C@@H]1c1ccccc1)c1ccccc1. The normalized spacial score (nSPS) is 18.9. The Labute approximate surface area is 152 Å². The van der Waals surface area contributed by atoms with Gasteiger partial charge in [0.15, 0.2) is 0 Å². The number of rotatable bonds is 4. The van der Waals surface area contributed by atoms with Crippen molar-refractivity contribution in [1.82, 2.24) is 5.32 Å². The maximum absolute atomic E-state index is 12.8. The largest absolute Gasteiger partial charge is 0.338 e. The summed E-state index contributed by atoms with van der Waals surface area (Å²) in [5.74, 6) is -0.341. The van der Waals surface area contributed by atoms with E-state index in [0.717, 1.165) is 11.3 Å². The van der Waals surface area contributed by atoms with Crippen LogP contribution in [0.4, 0.5) is 5.69 Å². The van der Waals surface area contributed by atoms with Gasteiger partial charge in [-0.1, -0.05) is 66.7 Å². The number of carbonyl (C=O) groups excluding carboxylic acids is 2. The van der Waals surface area contributed by atoms with Gasteiger partial charge in [-0.3, -0.25) is 9.59 Å². The van der Waals surface area contributed by atoms with E-state index in [1.54, 1.807) is 17.0 Å². The molecule has 1 saturated heterocycles. The van der Waals surface area contributed by atoms with E-state index in [0.29, 0.717) is 5.56 Å². The summed E-state index contributed by atoms with van der Waals surface area (Å²) >= 11 is 0. The average molecular weight is 342 g/mol. The molecular formula is C22H18N2O2. The van der Waals surface area contributed by atoms with Crippen LogP contribution in [0.25, 0.3) is 0 Å². The Kier molecular flexibility index (Phi) is 4.23. The molecule has 3 aromatic rings. The Morgan fingerprint density at radius 1 is 0.769 bits per heavy atom. The van der Waals surface area contributed by atoms with Crippen LogP contribution in [0.5, 0.6) is 0 Å². The molecule has 1 aliphatic rings. The first-order chi connectivity index (χ1) is 12.8. The monoisotopic (exact) mass is 342 g/mol. The van der Waals surface area contributed by atoms with E-state index < -0.39 is 6.04 Å². The zero-order chi connectivity index (χ0) is 17.9. The summed E-state index contributed by atoms with van der Waals surface area (Å²) in [5, 5.41) is 2.90. The topological polar surface area (TPSA) is 49.4 Å². The standard InChI is InChI=1S/C22H18N2O2/c25-21(17-12-6-2-7-13-17)23-19-20(16-10-4-1-5-11-16)24(22(19)26)18-14-8-3-9-15-18/h1-15,19-20H,(H,23,25)/t19-,20-/m1/s1. The Bertz CT molecular complexity index is 911. The highest BCUT2D eigenvalue weighted by Gasteiger charge is 2.49. The van der Waals surface area contributed by atoms with Crippen LogP contribution in [-0.4, -0.2) is 17.9 Å². The minimum Gasteiger partial charge on any atom is -0.338 e. The quantitative estimate of drug-likeness (QED) is 0.737. The average Bonchev–Trinajstić information content (AvgIpc) is 2.71. The summed E-state index contributed by atoms with van der Waals surface area (Å²) in [6.07, 6.45) is 0. The molecule has 4 rings (SSSR count). The van der Waals surface area contributed by atoms with Gasteiger partial charge in [0.1, 0.15) is 6.04 Å². The summed E-state index contributed by atoms with van der Waals surface area (Å²) in [5.41, 5.74) is 2.37. The second-order valence-corrected chi connectivity index (χ2v) is 6.22. The minimum atomic E-state index is -0.578. The molecule has 0 aromatic heterocycles. The molecule has 2 atom stereocenters. The first kappa shape index (κ1) is 16.1. The van der Waals surface area contributed by atoms with Gasteiger partial charge in [0.25, 0.3) is 11.8 Å². The number of para-hydroxylation sites is 1. The van der Waals surface area contributed by atoms with Crippen LogP contribution in [0.15, 0.2) is 91.0 Å². The lowest BCUT2D eigenvalue weighted by atomic mass is 9.87. The van der Waals surface area contributed by atoms with Gasteiger partial charge in [-0.15, -0.1) is 0 Å². The van der Waals surface area contributed by atoms with Crippen molar-refractivity contribution in [3.05, 3.63) is 102 Å². The Morgan fingerprint density at radius 3 is 1.92 bits per heavy atom. The van der Waals surface area contributed by atoms with Crippen molar-refractivity contribution in [2.24, 2.45) is 0 Å². The molecule has 0 spiro atoms. The molecule has 1 heterocycles. The molecule has 0 aliphatic carbocycles. The molecule has 1 fully saturated rings. The third-order valence-corrected chi connectivity index (χ3v) is 4.60. The Balaban J connectivity index is 1.64. The maximum Gasteiger partial charge on any atom is 0.252 e. The van der Waals surface area contributed by atoms with Crippen LogP contribution >= 0.6 is 0 Å². The number of nitrogens with one attached hydrogen (secondary N) is 1. The van der Waals surface area contributed by atoms with Crippen molar-refractivity contribution in [3.63, 3.8) is 0 Å². The zero-order valence-electron chi connectivity index (χ0n) is 14.1.